The Kier molecular flexibility index (Phi) is 6.21. The molecular weight excluding hydrogens is 342 g/mol. The summed E-state index contributed by atoms with van der Waals surface area (Å²) in [4.78, 5) is 26.0. The fourth-order valence-electron chi connectivity index (χ4n) is 3.32. The number of hydrogen-bond acceptors (Lipinski definition) is 4. The Morgan fingerprint density at radius 2 is 2.11 bits per heavy atom. The van der Waals surface area contributed by atoms with Crippen LogP contribution in [0.1, 0.15) is 49.2 Å². The Labute approximate surface area is 159 Å². The van der Waals surface area contributed by atoms with Gasteiger partial charge in [-0.15, -0.1) is 5.10 Å². The minimum atomic E-state index is -0.138. The summed E-state index contributed by atoms with van der Waals surface area (Å²) in [6.07, 6.45) is 4.91. The third kappa shape index (κ3) is 5.15. The van der Waals surface area contributed by atoms with Gasteiger partial charge in [0.25, 0.3) is 5.91 Å². The number of carbonyl (C=O) groups is 2. The van der Waals surface area contributed by atoms with Crippen LogP contribution in [-0.2, 0) is 17.8 Å². The summed E-state index contributed by atoms with van der Waals surface area (Å²) in [5.41, 5.74) is 1.64. The van der Waals surface area contributed by atoms with Gasteiger partial charge in [-0.05, 0) is 38.7 Å². The van der Waals surface area contributed by atoms with Gasteiger partial charge in [-0.1, -0.05) is 35.5 Å². The molecule has 1 aliphatic rings. The lowest BCUT2D eigenvalue weighted by atomic mass is 10.1. The second kappa shape index (κ2) is 8.79. The molecule has 7 nitrogen and oxygen atoms in total. The molecule has 0 aliphatic carbocycles. The van der Waals surface area contributed by atoms with Crippen LogP contribution >= 0.6 is 0 Å². The van der Waals surface area contributed by atoms with E-state index in [4.69, 9.17) is 0 Å². The Morgan fingerprint density at radius 1 is 1.33 bits per heavy atom. The predicted molar refractivity (Wildman–Crippen MR) is 102 cm³/mol. The quantitative estimate of drug-likeness (QED) is 0.772. The first-order valence-corrected chi connectivity index (χ1v) is 9.57. The SMILES string of the molecule is CC(C)N(CC1CCC(=O)N1)C(=O)c1cn(CCCc2ccccc2)nn1. The van der Waals surface area contributed by atoms with Gasteiger partial charge in [-0.3, -0.25) is 14.3 Å². The van der Waals surface area contributed by atoms with Crippen molar-refractivity contribution in [3.63, 3.8) is 0 Å². The first kappa shape index (κ1) is 19.1. The second-order valence-corrected chi connectivity index (χ2v) is 7.31. The van der Waals surface area contributed by atoms with Crippen LogP contribution in [0.2, 0.25) is 0 Å². The number of nitrogens with zero attached hydrogens (tertiary/aromatic N) is 4. The van der Waals surface area contributed by atoms with Crippen molar-refractivity contribution < 1.29 is 9.59 Å². The Balaban J connectivity index is 1.56. The number of amides is 2. The van der Waals surface area contributed by atoms with Crippen LogP contribution in [0.25, 0.3) is 0 Å². The summed E-state index contributed by atoms with van der Waals surface area (Å²) >= 11 is 0. The third-order valence-electron chi connectivity index (χ3n) is 4.84. The van der Waals surface area contributed by atoms with Gasteiger partial charge in [0.1, 0.15) is 0 Å². The molecule has 0 radical (unpaired) electrons. The molecule has 0 bridgehead atoms. The van der Waals surface area contributed by atoms with Crippen molar-refractivity contribution in [2.24, 2.45) is 0 Å². The topological polar surface area (TPSA) is 80.1 Å². The van der Waals surface area contributed by atoms with Gasteiger partial charge < -0.3 is 10.2 Å². The van der Waals surface area contributed by atoms with Crippen molar-refractivity contribution in [2.45, 2.75) is 58.2 Å². The van der Waals surface area contributed by atoms with E-state index in [9.17, 15) is 9.59 Å². The minimum Gasteiger partial charge on any atom is -0.352 e. The summed E-state index contributed by atoms with van der Waals surface area (Å²) in [5.74, 6) is -0.0824. The zero-order valence-corrected chi connectivity index (χ0v) is 16.0. The molecule has 1 fully saturated rings. The van der Waals surface area contributed by atoms with E-state index >= 15 is 0 Å². The third-order valence-corrected chi connectivity index (χ3v) is 4.84. The monoisotopic (exact) mass is 369 g/mol. The van der Waals surface area contributed by atoms with Crippen molar-refractivity contribution >= 4 is 11.8 Å². The van der Waals surface area contributed by atoms with Crippen LogP contribution in [0.4, 0.5) is 0 Å². The molecule has 1 atom stereocenters. The van der Waals surface area contributed by atoms with Crippen LogP contribution in [0.15, 0.2) is 36.5 Å². The molecule has 1 aromatic carbocycles. The molecule has 0 saturated carbocycles. The number of aryl methyl sites for hydroxylation is 2. The maximum Gasteiger partial charge on any atom is 0.276 e. The molecule has 2 aromatic rings. The van der Waals surface area contributed by atoms with Crippen LogP contribution in [0.3, 0.4) is 0 Å². The Hall–Kier alpha value is -2.70. The van der Waals surface area contributed by atoms with Crippen LogP contribution in [0.5, 0.6) is 0 Å². The van der Waals surface area contributed by atoms with E-state index in [0.717, 1.165) is 25.8 Å². The number of rotatable bonds is 8. The summed E-state index contributed by atoms with van der Waals surface area (Å²) in [6.45, 7) is 5.16. The van der Waals surface area contributed by atoms with Gasteiger partial charge >= 0.3 is 0 Å². The largest absolute Gasteiger partial charge is 0.352 e. The Bertz CT molecular complexity index is 772. The van der Waals surface area contributed by atoms with E-state index in [1.165, 1.54) is 5.56 Å². The molecule has 7 heteroatoms. The first-order valence-electron chi connectivity index (χ1n) is 9.57. The van der Waals surface area contributed by atoms with Gasteiger partial charge in [0.05, 0.1) is 6.20 Å². The van der Waals surface area contributed by atoms with Crippen molar-refractivity contribution in [2.75, 3.05) is 6.54 Å². The van der Waals surface area contributed by atoms with Crippen LogP contribution < -0.4 is 5.32 Å². The molecule has 1 aliphatic heterocycles. The summed E-state index contributed by atoms with van der Waals surface area (Å²) in [6, 6.07) is 10.3. The summed E-state index contributed by atoms with van der Waals surface area (Å²) in [5, 5.41) is 11.1. The normalized spacial score (nSPS) is 16.6. The van der Waals surface area contributed by atoms with E-state index < -0.39 is 0 Å². The highest BCUT2D eigenvalue weighted by Crippen LogP contribution is 2.13. The molecule has 27 heavy (non-hydrogen) atoms. The Morgan fingerprint density at radius 3 is 2.78 bits per heavy atom. The predicted octanol–water partition coefficient (Wildman–Crippen LogP) is 2.04. The van der Waals surface area contributed by atoms with E-state index in [-0.39, 0.29) is 23.9 Å². The van der Waals surface area contributed by atoms with Gasteiger partial charge in [0.2, 0.25) is 5.91 Å². The van der Waals surface area contributed by atoms with Crippen molar-refractivity contribution in [3.8, 4) is 0 Å². The number of benzene rings is 1. The molecule has 0 spiro atoms. The average molecular weight is 369 g/mol. The number of carbonyl (C=O) groups excluding carboxylic acids is 2. The molecule has 2 amide bonds. The number of hydrogen-bond donors (Lipinski definition) is 1. The van der Waals surface area contributed by atoms with Crippen LogP contribution in [-0.4, -0.2) is 50.3 Å². The van der Waals surface area contributed by atoms with E-state index in [0.29, 0.717) is 18.7 Å². The van der Waals surface area contributed by atoms with Gasteiger partial charge in [0, 0.05) is 31.6 Å². The maximum atomic E-state index is 12.9. The molecule has 1 saturated heterocycles. The fraction of sp³-hybridized carbons (Fsp3) is 0.500. The van der Waals surface area contributed by atoms with E-state index in [2.05, 4.69) is 27.8 Å². The number of nitrogens with one attached hydrogen (secondary N) is 1. The lowest BCUT2D eigenvalue weighted by Gasteiger charge is -2.28. The van der Waals surface area contributed by atoms with Crippen LogP contribution in [0, 0.1) is 0 Å². The lowest BCUT2D eigenvalue weighted by Crippen LogP contribution is -2.45. The molecule has 1 N–H and O–H groups in total. The summed E-state index contributed by atoms with van der Waals surface area (Å²) in [7, 11) is 0. The average Bonchev–Trinajstić information content (AvgIpc) is 3.29. The standard InChI is InChI=1S/C20H27N5O2/c1-15(2)25(13-17-10-11-19(26)21-17)20(27)18-14-24(23-22-18)12-6-9-16-7-4-3-5-8-16/h3-5,7-8,14-15,17H,6,9-13H2,1-2H3,(H,21,26). The highest BCUT2D eigenvalue weighted by molar-refractivity contribution is 5.92. The molecule has 1 unspecified atom stereocenters. The van der Waals surface area contributed by atoms with Crippen molar-refractivity contribution in [1.29, 1.82) is 0 Å². The van der Waals surface area contributed by atoms with Gasteiger partial charge in [-0.25, -0.2) is 0 Å². The highest BCUT2D eigenvalue weighted by atomic mass is 16.2. The number of aromatic nitrogens is 3. The summed E-state index contributed by atoms with van der Waals surface area (Å²) < 4.78 is 1.73. The molecule has 1 aromatic heterocycles. The van der Waals surface area contributed by atoms with Crippen molar-refractivity contribution in [1.82, 2.24) is 25.2 Å². The minimum absolute atomic E-state index is 0.0183. The zero-order chi connectivity index (χ0) is 19.2. The zero-order valence-electron chi connectivity index (χ0n) is 16.0. The maximum absolute atomic E-state index is 12.9. The molecule has 3 rings (SSSR count). The van der Waals surface area contributed by atoms with E-state index in [1.807, 2.05) is 32.0 Å². The molecular formula is C20H27N5O2. The highest BCUT2D eigenvalue weighted by Gasteiger charge is 2.28. The first-order chi connectivity index (χ1) is 13.0. The molecule has 144 valence electrons. The smallest absolute Gasteiger partial charge is 0.276 e. The van der Waals surface area contributed by atoms with Gasteiger partial charge in [-0.2, -0.15) is 0 Å². The van der Waals surface area contributed by atoms with Crippen molar-refractivity contribution in [3.05, 3.63) is 47.8 Å². The second-order valence-electron chi connectivity index (χ2n) is 7.31. The lowest BCUT2D eigenvalue weighted by molar-refractivity contribution is -0.119. The van der Waals surface area contributed by atoms with E-state index in [1.54, 1.807) is 15.8 Å². The fourth-order valence-corrected chi connectivity index (χ4v) is 3.32. The molecule has 2 heterocycles. The van der Waals surface area contributed by atoms with Gasteiger partial charge in [0.15, 0.2) is 5.69 Å².